The van der Waals surface area contributed by atoms with Crippen molar-refractivity contribution >= 4 is 39.1 Å². The van der Waals surface area contributed by atoms with E-state index in [9.17, 15) is 9.90 Å². The number of carbonyl (C=O) groups excluding carboxylic acids is 1. The zero-order valence-electron chi connectivity index (χ0n) is 11.3. The number of anilines is 1. The molecule has 1 amide bonds. The van der Waals surface area contributed by atoms with Crippen molar-refractivity contribution < 1.29 is 9.90 Å². The Hall–Kier alpha value is -0.620. The number of aliphatic hydroxyl groups is 1. The van der Waals surface area contributed by atoms with Crippen LogP contribution in [0.2, 0.25) is 5.02 Å². The first-order chi connectivity index (χ1) is 9.44. The monoisotopic (exact) mass is 360 g/mol. The number of carbonyl (C=O) groups is 1. The summed E-state index contributed by atoms with van der Waals surface area (Å²) < 4.78 is 0.876. The highest BCUT2D eigenvalue weighted by Gasteiger charge is 2.28. The first kappa shape index (κ1) is 15.8. The standard InChI is InChI=1S/C14H18BrClN2O2/c1-18(7-9-4-11(19)5-9)8-14(20)17-13-3-2-10(15)6-12(13)16/h2-3,6,9,11,19H,4-5,7-8H2,1H3,(H,17,20). The third-order valence-electron chi connectivity index (χ3n) is 3.40. The van der Waals surface area contributed by atoms with Crippen LogP contribution in [-0.4, -0.2) is 42.2 Å². The van der Waals surface area contributed by atoms with Gasteiger partial charge in [-0.05, 0) is 44.0 Å². The van der Waals surface area contributed by atoms with Crippen LogP contribution < -0.4 is 5.32 Å². The molecule has 0 aliphatic heterocycles. The number of halogens is 2. The van der Waals surface area contributed by atoms with Crippen molar-refractivity contribution in [3.05, 3.63) is 27.7 Å². The molecule has 6 heteroatoms. The molecule has 2 rings (SSSR count). The molecule has 4 nitrogen and oxygen atoms in total. The highest BCUT2D eigenvalue weighted by Crippen LogP contribution is 2.28. The number of nitrogens with zero attached hydrogens (tertiary/aromatic N) is 1. The van der Waals surface area contributed by atoms with Crippen LogP contribution >= 0.6 is 27.5 Å². The predicted octanol–water partition coefficient (Wildman–Crippen LogP) is 2.74. The number of rotatable bonds is 5. The Bertz CT molecular complexity index is 492. The average molecular weight is 362 g/mol. The lowest BCUT2D eigenvalue weighted by Gasteiger charge is -2.34. The van der Waals surface area contributed by atoms with E-state index in [-0.39, 0.29) is 12.0 Å². The molecule has 1 fully saturated rings. The first-order valence-electron chi connectivity index (χ1n) is 6.55. The Labute approximate surface area is 132 Å². The normalized spacial score (nSPS) is 21.6. The van der Waals surface area contributed by atoms with Gasteiger partial charge in [0.15, 0.2) is 0 Å². The molecule has 1 aliphatic carbocycles. The van der Waals surface area contributed by atoms with Gasteiger partial charge in [0.1, 0.15) is 0 Å². The van der Waals surface area contributed by atoms with Crippen LogP contribution in [0.25, 0.3) is 0 Å². The highest BCUT2D eigenvalue weighted by molar-refractivity contribution is 9.10. The number of aliphatic hydroxyl groups excluding tert-OH is 1. The van der Waals surface area contributed by atoms with Crippen LogP contribution in [0.3, 0.4) is 0 Å². The summed E-state index contributed by atoms with van der Waals surface area (Å²) in [7, 11) is 1.91. The molecule has 0 heterocycles. The SMILES string of the molecule is CN(CC(=O)Nc1ccc(Br)cc1Cl)CC1CC(O)C1. The Balaban J connectivity index is 1.79. The minimum Gasteiger partial charge on any atom is -0.393 e. The van der Waals surface area contributed by atoms with Gasteiger partial charge in [-0.3, -0.25) is 9.69 Å². The van der Waals surface area contributed by atoms with Gasteiger partial charge < -0.3 is 10.4 Å². The van der Waals surface area contributed by atoms with Gasteiger partial charge in [-0.2, -0.15) is 0 Å². The lowest BCUT2D eigenvalue weighted by atomic mass is 9.82. The molecular weight excluding hydrogens is 344 g/mol. The summed E-state index contributed by atoms with van der Waals surface area (Å²) in [4.78, 5) is 13.9. The third kappa shape index (κ3) is 4.45. The van der Waals surface area contributed by atoms with Crippen molar-refractivity contribution in [1.29, 1.82) is 0 Å². The molecule has 110 valence electrons. The van der Waals surface area contributed by atoms with Gasteiger partial charge in [-0.15, -0.1) is 0 Å². The number of hydrogen-bond donors (Lipinski definition) is 2. The lowest BCUT2D eigenvalue weighted by molar-refractivity contribution is -0.117. The van der Waals surface area contributed by atoms with E-state index < -0.39 is 0 Å². The first-order valence-corrected chi connectivity index (χ1v) is 7.72. The molecule has 2 N–H and O–H groups in total. The summed E-state index contributed by atoms with van der Waals surface area (Å²) >= 11 is 9.38. The zero-order valence-corrected chi connectivity index (χ0v) is 13.6. The second kappa shape index (κ2) is 6.89. The number of likely N-dealkylation sites (N-methyl/N-ethyl adjacent to an activating group) is 1. The van der Waals surface area contributed by atoms with E-state index in [1.807, 2.05) is 18.0 Å². The van der Waals surface area contributed by atoms with Crippen LogP contribution in [0.15, 0.2) is 22.7 Å². The van der Waals surface area contributed by atoms with Gasteiger partial charge in [0.05, 0.1) is 23.4 Å². The fourth-order valence-electron chi connectivity index (χ4n) is 2.38. The second-order valence-electron chi connectivity index (χ2n) is 5.36. The lowest BCUT2D eigenvalue weighted by Crippen LogP contribution is -2.39. The van der Waals surface area contributed by atoms with E-state index in [0.29, 0.717) is 23.2 Å². The average Bonchev–Trinajstić information content (AvgIpc) is 2.30. The van der Waals surface area contributed by atoms with Crippen molar-refractivity contribution in [1.82, 2.24) is 4.90 Å². The minimum atomic E-state index is -0.149. The number of nitrogens with one attached hydrogen (secondary N) is 1. The van der Waals surface area contributed by atoms with E-state index in [1.54, 1.807) is 12.1 Å². The van der Waals surface area contributed by atoms with Crippen LogP contribution in [0.1, 0.15) is 12.8 Å². The summed E-state index contributed by atoms with van der Waals surface area (Å²) in [6, 6.07) is 5.35. The van der Waals surface area contributed by atoms with E-state index in [2.05, 4.69) is 21.2 Å². The van der Waals surface area contributed by atoms with Gasteiger partial charge in [0.2, 0.25) is 5.91 Å². The fourth-order valence-corrected chi connectivity index (χ4v) is 3.10. The predicted molar refractivity (Wildman–Crippen MR) is 84.0 cm³/mol. The van der Waals surface area contributed by atoms with E-state index >= 15 is 0 Å². The zero-order chi connectivity index (χ0) is 14.7. The Morgan fingerprint density at radius 3 is 2.85 bits per heavy atom. The maximum atomic E-state index is 11.9. The summed E-state index contributed by atoms with van der Waals surface area (Å²) in [5, 5.41) is 12.6. The van der Waals surface area contributed by atoms with E-state index in [4.69, 9.17) is 11.6 Å². The molecule has 1 aromatic carbocycles. The molecule has 0 spiro atoms. The van der Waals surface area contributed by atoms with Crippen molar-refractivity contribution in [3.8, 4) is 0 Å². The Morgan fingerprint density at radius 2 is 2.25 bits per heavy atom. The van der Waals surface area contributed by atoms with E-state index in [0.717, 1.165) is 23.9 Å². The molecule has 0 unspecified atom stereocenters. The van der Waals surface area contributed by atoms with Crippen molar-refractivity contribution in [2.75, 3.05) is 25.5 Å². The smallest absolute Gasteiger partial charge is 0.238 e. The second-order valence-corrected chi connectivity index (χ2v) is 6.68. The van der Waals surface area contributed by atoms with Crippen molar-refractivity contribution in [2.24, 2.45) is 5.92 Å². The largest absolute Gasteiger partial charge is 0.393 e. The summed E-state index contributed by atoms with van der Waals surface area (Å²) in [5.41, 5.74) is 0.618. The Morgan fingerprint density at radius 1 is 1.55 bits per heavy atom. The molecule has 0 radical (unpaired) electrons. The fraction of sp³-hybridized carbons (Fsp3) is 0.500. The van der Waals surface area contributed by atoms with Crippen molar-refractivity contribution in [3.63, 3.8) is 0 Å². The topological polar surface area (TPSA) is 52.6 Å². The van der Waals surface area contributed by atoms with Crippen LogP contribution in [0.4, 0.5) is 5.69 Å². The van der Waals surface area contributed by atoms with Crippen LogP contribution in [0, 0.1) is 5.92 Å². The van der Waals surface area contributed by atoms with Crippen LogP contribution in [-0.2, 0) is 4.79 Å². The highest BCUT2D eigenvalue weighted by atomic mass is 79.9. The minimum absolute atomic E-state index is 0.0865. The van der Waals surface area contributed by atoms with Gasteiger partial charge in [0.25, 0.3) is 0 Å². The summed E-state index contributed by atoms with van der Waals surface area (Å²) in [5.74, 6) is 0.413. The van der Waals surface area contributed by atoms with Gasteiger partial charge in [-0.1, -0.05) is 27.5 Å². The summed E-state index contributed by atoms with van der Waals surface area (Å²) in [6.45, 7) is 1.15. The maximum absolute atomic E-state index is 11.9. The van der Waals surface area contributed by atoms with Gasteiger partial charge in [0, 0.05) is 11.0 Å². The molecule has 0 atom stereocenters. The molecule has 0 aromatic heterocycles. The number of amides is 1. The molecule has 20 heavy (non-hydrogen) atoms. The summed E-state index contributed by atoms with van der Waals surface area (Å²) in [6.07, 6.45) is 1.53. The van der Waals surface area contributed by atoms with Gasteiger partial charge >= 0.3 is 0 Å². The Kier molecular flexibility index (Phi) is 5.43. The number of benzene rings is 1. The molecule has 1 saturated carbocycles. The molecule has 1 aromatic rings. The van der Waals surface area contributed by atoms with Crippen molar-refractivity contribution in [2.45, 2.75) is 18.9 Å². The number of hydrogen-bond acceptors (Lipinski definition) is 3. The molecule has 0 bridgehead atoms. The molecule has 1 aliphatic rings. The quantitative estimate of drug-likeness (QED) is 0.848. The van der Waals surface area contributed by atoms with Crippen LogP contribution in [0.5, 0.6) is 0 Å². The third-order valence-corrected chi connectivity index (χ3v) is 4.21. The van der Waals surface area contributed by atoms with E-state index in [1.165, 1.54) is 0 Å². The molecule has 0 saturated heterocycles. The van der Waals surface area contributed by atoms with Gasteiger partial charge in [-0.25, -0.2) is 0 Å². The molecular formula is C14H18BrClN2O2. The maximum Gasteiger partial charge on any atom is 0.238 e.